The number of hydrogen-bond donors (Lipinski definition) is 0. The van der Waals surface area contributed by atoms with Gasteiger partial charge in [-0.1, -0.05) is 0 Å². The second-order valence-corrected chi connectivity index (χ2v) is 28.9. The van der Waals surface area contributed by atoms with Crippen LogP contribution in [0.2, 0.25) is 78.6 Å². The molecule has 156 valence electrons. The van der Waals surface area contributed by atoms with Crippen LogP contribution in [0.15, 0.2) is 0 Å². The van der Waals surface area contributed by atoms with E-state index in [9.17, 15) is 0 Å². The van der Waals surface area contributed by atoms with Crippen LogP contribution < -0.4 is 0 Å². The summed E-state index contributed by atoms with van der Waals surface area (Å²) >= 11 is 0. The topological polar surface area (TPSA) is 46.2 Å². The lowest BCUT2D eigenvalue weighted by Crippen LogP contribution is -2.63. The lowest BCUT2D eigenvalue weighted by atomic mass is 10.1. The lowest BCUT2D eigenvalue weighted by molar-refractivity contribution is -0.232. The normalized spacial score (nSPS) is 29.1. The van der Waals surface area contributed by atoms with Crippen molar-refractivity contribution in [2.45, 2.75) is 103 Å². The smallest absolute Gasteiger partial charge is 0.187 e. The second kappa shape index (κ2) is 8.58. The van der Waals surface area contributed by atoms with Crippen molar-refractivity contribution in [2.24, 2.45) is 0 Å². The molecule has 9 heteroatoms. The van der Waals surface area contributed by atoms with E-state index < -0.39 is 33.3 Å². The molecule has 0 N–H and O–H groups in total. The summed E-state index contributed by atoms with van der Waals surface area (Å²) < 4.78 is 32.2. The molecule has 4 atom stereocenters. The third-order valence-electron chi connectivity index (χ3n) is 3.34. The number of ether oxygens (including phenoxy) is 1. The Hall–Kier alpha value is 0.668. The minimum atomic E-state index is -1.82. The molecule has 0 aliphatic carbocycles. The molecule has 1 aliphatic heterocycles. The Morgan fingerprint density at radius 1 is 0.538 bits per heavy atom. The summed E-state index contributed by atoms with van der Waals surface area (Å²) in [5, 5.41) is 0. The van der Waals surface area contributed by atoms with Crippen LogP contribution in [-0.4, -0.2) is 64.5 Å². The summed E-state index contributed by atoms with van der Waals surface area (Å²) in [7, 11) is -7.14. The first-order valence-corrected chi connectivity index (χ1v) is 23.3. The zero-order valence-corrected chi connectivity index (χ0v) is 23.1. The number of hydrogen-bond acceptors (Lipinski definition) is 5. The van der Waals surface area contributed by atoms with Gasteiger partial charge in [0.1, 0.15) is 12.2 Å². The molecule has 1 fully saturated rings. The Bertz CT molecular complexity index is 406. The van der Waals surface area contributed by atoms with Gasteiger partial charge >= 0.3 is 0 Å². The summed E-state index contributed by atoms with van der Waals surface area (Å²) in [4.78, 5) is 0. The van der Waals surface area contributed by atoms with E-state index in [2.05, 4.69) is 78.6 Å². The van der Waals surface area contributed by atoms with Gasteiger partial charge in [-0.25, -0.2) is 0 Å². The minimum Gasteiger partial charge on any atom is -0.410 e. The fourth-order valence-corrected chi connectivity index (χ4v) is 7.01. The van der Waals surface area contributed by atoms with E-state index in [1.54, 1.807) is 0 Å². The van der Waals surface area contributed by atoms with Gasteiger partial charge in [0.2, 0.25) is 0 Å². The fraction of sp³-hybridized carbons (Fsp3) is 1.00. The zero-order valence-electron chi connectivity index (χ0n) is 19.1. The van der Waals surface area contributed by atoms with Crippen molar-refractivity contribution >= 4 is 33.3 Å². The molecular formula is C17H42O5Si4. The van der Waals surface area contributed by atoms with Crippen LogP contribution in [0.25, 0.3) is 0 Å². The third-order valence-corrected chi connectivity index (χ3v) is 7.24. The molecule has 5 nitrogen and oxygen atoms in total. The second-order valence-electron chi connectivity index (χ2n) is 11.1. The van der Waals surface area contributed by atoms with E-state index in [-0.39, 0.29) is 24.6 Å². The van der Waals surface area contributed by atoms with Gasteiger partial charge in [-0.05, 0) is 78.6 Å². The van der Waals surface area contributed by atoms with Gasteiger partial charge < -0.3 is 22.4 Å². The predicted molar refractivity (Wildman–Crippen MR) is 119 cm³/mol. The Morgan fingerprint density at radius 2 is 0.923 bits per heavy atom. The SMILES string of the molecule is C[Si](C)(C)OC1OC[C@@H](O[Si](C)(C)C)[C@H](O[Si](C)(C)C)[C@H]1O[Si](C)(C)C. The van der Waals surface area contributed by atoms with Gasteiger partial charge in [0.25, 0.3) is 0 Å². The van der Waals surface area contributed by atoms with Crippen molar-refractivity contribution in [1.29, 1.82) is 0 Å². The van der Waals surface area contributed by atoms with E-state index in [1.165, 1.54) is 0 Å². The minimum absolute atomic E-state index is 0.101. The maximum Gasteiger partial charge on any atom is 0.187 e. The van der Waals surface area contributed by atoms with E-state index >= 15 is 0 Å². The molecule has 1 unspecified atom stereocenters. The molecule has 1 saturated heterocycles. The Balaban J connectivity index is 3.20. The zero-order chi connectivity index (χ0) is 20.6. The van der Waals surface area contributed by atoms with E-state index in [4.69, 9.17) is 22.4 Å². The molecule has 1 aliphatic rings. The van der Waals surface area contributed by atoms with Crippen LogP contribution >= 0.6 is 0 Å². The van der Waals surface area contributed by atoms with Crippen molar-refractivity contribution in [3.8, 4) is 0 Å². The van der Waals surface area contributed by atoms with Crippen molar-refractivity contribution < 1.29 is 22.4 Å². The van der Waals surface area contributed by atoms with Crippen molar-refractivity contribution in [3.05, 3.63) is 0 Å². The fourth-order valence-electron chi connectivity index (χ4n) is 2.83. The Morgan fingerprint density at radius 3 is 1.31 bits per heavy atom. The van der Waals surface area contributed by atoms with Crippen molar-refractivity contribution in [3.63, 3.8) is 0 Å². The van der Waals surface area contributed by atoms with Gasteiger partial charge in [-0.3, -0.25) is 0 Å². The van der Waals surface area contributed by atoms with Crippen LogP contribution in [0.5, 0.6) is 0 Å². The molecule has 0 saturated carbocycles. The average molecular weight is 439 g/mol. The van der Waals surface area contributed by atoms with E-state index in [0.717, 1.165) is 0 Å². The summed E-state index contributed by atoms with van der Waals surface area (Å²) in [6.07, 6.45) is -0.863. The van der Waals surface area contributed by atoms with Gasteiger partial charge in [-0.2, -0.15) is 0 Å². The summed E-state index contributed by atoms with van der Waals surface area (Å²) in [6.45, 7) is 26.9. The standard InChI is InChI=1S/C17H42O5Si4/c1-23(2,3)19-14-13-18-17(22-26(10,11)12)16(21-25(7,8)9)15(14)20-24(4,5)6/h14-17H,13H2,1-12H3/t14-,15+,16-,17?/m1/s1. The average Bonchev–Trinajstić information content (AvgIpc) is 2.30. The molecular weight excluding hydrogens is 397 g/mol. The van der Waals surface area contributed by atoms with Crippen molar-refractivity contribution in [2.75, 3.05) is 6.61 Å². The molecule has 0 bridgehead atoms. The highest BCUT2D eigenvalue weighted by Gasteiger charge is 2.48. The largest absolute Gasteiger partial charge is 0.410 e. The molecule has 1 heterocycles. The van der Waals surface area contributed by atoms with Crippen LogP contribution in [0, 0.1) is 0 Å². The molecule has 0 amide bonds. The van der Waals surface area contributed by atoms with Crippen molar-refractivity contribution in [1.82, 2.24) is 0 Å². The molecule has 0 aromatic rings. The molecule has 26 heavy (non-hydrogen) atoms. The molecule has 0 aromatic heterocycles. The maximum absolute atomic E-state index is 6.63. The van der Waals surface area contributed by atoms with Gasteiger partial charge in [0.15, 0.2) is 39.6 Å². The van der Waals surface area contributed by atoms with Crippen LogP contribution in [0.4, 0.5) is 0 Å². The Kier molecular flexibility index (Phi) is 8.15. The first kappa shape index (κ1) is 24.7. The maximum atomic E-state index is 6.63. The van der Waals surface area contributed by atoms with Crippen LogP contribution in [0.3, 0.4) is 0 Å². The van der Waals surface area contributed by atoms with Gasteiger partial charge in [0, 0.05) is 0 Å². The lowest BCUT2D eigenvalue weighted by Gasteiger charge is -2.48. The first-order chi connectivity index (χ1) is 11.4. The number of rotatable bonds is 8. The highest BCUT2D eigenvalue weighted by atomic mass is 28.4. The highest BCUT2D eigenvalue weighted by molar-refractivity contribution is 6.71. The predicted octanol–water partition coefficient (Wildman–Crippen LogP) is 4.85. The molecule has 1 rings (SSSR count). The molecule has 0 radical (unpaired) electrons. The Labute approximate surface area is 165 Å². The highest BCUT2D eigenvalue weighted by Crippen LogP contribution is 2.31. The van der Waals surface area contributed by atoms with E-state index in [0.29, 0.717) is 6.61 Å². The van der Waals surface area contributed by atoms with E-state index in [1.807, 2.05) is 0 Å². The third kappa shape index (κ3) is 9.74. The molecule has 0 spiro atoms. The van der Waals surface area contributed by atoms with Crippen LogP contribution in [0.1, 0.15) is 0 Å². The van der Waals surface area contributed by atoms with Crippen LogP contribution in [-0.2, 0) is 22.4 Å². The molecule has 0 aromatic carbocycles. The monoisotopic (exact) mass is 438 g/mol. The van der Waals surface area contributed by atoms with Gasteiger partial charge in [-0.15, -0.1) is 0 Å². The summed E-state index contributed by atoms with van der Waals surface area (Å²) in [5.41, 5.74) is 0. The quantitative estimate of drug-likeness (QED) is 0.507. The first-order valence-electron chi connectivity index (χ1n) is 9.69. The summed E-state index contributed by atoms with van der Waals surface area (Å²) in [5.74, 6) is 0. The van der Waals surface area contributed by atoms with Gasteiger partial charge in [0.05, 0.1) is 12.7 Å². The summed E-state index contributed by atoms with van der Waals surface area (Å²) in [6, 6.07) is 0.